The summed E-state index contributed by atoms with van der Waals surface area (Å²) >= 11 is 0. The van der Waals surface area contributed by atoms with E-state index < -0.39 is 0 Å². The normalized spacial score (nSPS) is 12.4. The van der Waals surface area contributed by atoms with Gasteiger partial charge in [-0.25, -0.2) is 0 Å². The Morgan fingerprint density at radius 3 is 2.53 bits per heavy atom. The average molecular weight is 261 g/mol. The van der Waals surface area contributed by atoms with E-state index >= 15 is 0 Å². The van der Waals surface area contributed by atoms with Crippen LogP contribution in [0.15, 0.2) is 18.3 Å². The fourth-order valence-electron chi connectivity index (χ4n) is 1.93. The van der Waals surface area contributed by atoms with Crippen LogP contribution in [0.5, 0.6) is 0 Å². The molecule has 0 unspecified atom stereocenters. The number of nitrogens with one attached hydrogen (secondary N) is 1. The van der Waals surface area contributed by atoms with E-state index in [2.05, 4.69) is 55.1 Å². The molecule has 0 aliphatic heterocycles. The van der Waals surface area contributed by atoms with Crippen molar-refractivity contribution in [3.63, 3.8) is 0 Å². The third kappa shape index (κ3) is 5.94. The zero-order chi connectivity index (χ0) is 14.5. The molecule has 1 aromatic heterocycles. The third-order valence-electron chi connectivity index (χ3n) is 3.23. The van der Waals surface area contributed by atoms with Gasteiger partial charge < -0.3 is 9.88 Å². The van der Waals surface area contributed by atoms with E-state index in [0.717, 1.165) is 25.9 Å². The van der Waals surface area contributed by atoms with Crippen LogP contribution in [0.1, 0.15) is 53.2 Å². The Balaban J connectivity index is 2.48. The van der Waals surface area contributed by atoms with Gasteiger partial charge in [0.1, 0.15) is 0 Å². The molecule has 1 heterocycles. The van der Waals surface area contributed by atoms with Crippen molar-refractivity contribution in [2.24, 2.45) is 5.41 Å². The quantitative estimate of drug-likeness (QED) is 0.848. The van der Waals surface area contributed by atoms with Crippen LogP contribution < -0.4 is 5.32 Å². The predicted octanol–water partition coefficient (Wildman–Crippen LogP) is 3.71. The Hall–Kier alpha value is -1.27. The molecule has 0 amide bonds. The second-order valence-corrected chi connectivity index (χ2v) is 6.90. The summed E-state index contributed by atoms with van der Waals surface area (Å²) < 4.78 is 2.28. The van der Waals surface area contributed by atoms with Crippen LogP contribution in [-0.2, 0) is 13.1 Å². The molecule has 0 saturated heterocycles. The Bertz CT molecular complexity index is 430. The molecule has 19 heavy (non-hydrogen) atoms. The van der Waals surface area contributed by atoms with Crippen molar-refractivity contribution in [2.45, 2.75) is 66.1 Å². The van der Waals surface area contributed by atoms with Crippen molar-refractivity contribution < 1.29 is 0 Å². The molecule has 0 aliphatic carbocycles. The standard InChI is InChI=1S/C16H27N3/c1-15(2,3)18-12-14-8-6-10-19(14)11-7-9-16(4,5)13-17/h6,8,10,18H,7,9,11-12H2,1-5H3. The number of aryl methyl sites for hydroxylation is 1. The van der Waals surface area contributed by atoms with E-state index in [1.54, 1.807) is 0 Å². The zero-order valence-corrected chi connectivity index (χ0v) is 13.0. The van der Waals surface area contributed by atoms with Gasteiger partial charge in [0.15, 0.2) is 0 Å². The first-order chi connectivity index (χ1) is 8.73. The molecule has 0 aliphatic rings. The molecule has 0 spiro atoms. The lowest BCUT2D eigenvalue weighted by atomic mass is 9.90. The van der Waals surface area contributed by atoms with Crippen LogP contribution in [0.25, 0.3) is 0 Å². The number of hydrogen-bond acceptors (Lipinski definition) is 2. The van der Waals surface area contributed by atoms with Gasteiger partial charge in [-0.1, -0.05) is 0 Å². The summed E-state index contributed by atoms with van der Waals surface area (Å²) in [6, 6.07) is 6.61. The van der Waals surface area contributed by atoms with Crippen molar-refractivity contribution in [3.05, 3.63) is 24.0 Å². The summed E-state index contributed by atoms with van der Waals surface area (Å²) in [4.78, 5) is 0. The van der Waals surface area contributed by atoms with Crippen LogP contribution in [0.3, 0.4) is 0 Å². The average Bonchev–Trinajstić information content (AvgIpc) is 2.73. The lowest BCUT2D eigenvalue weighted by molar-refractivity contribution is 0.399. The summed E-state index contributed by atoms with van der Waals surface area (Å²) in [5.41, 5.74) is 1.24. The molecule has 106 valence electrons. The third-order valence-corrected chi connectivity index (χ3v) is 3.23. The van der Waals surface area contributed by atoms with E-state index in [4.69, 9.17) is 5.26 Å². The summed E-state index contributed by atoms with van der Waals surface area (Å²) in [5, 5.41) is 12.5. The van der Waals surface area contributed by atoms with Crippen LogP contribution >= 0.6 is 0 Å². The van der Waals surface area contributed by atoms with Crippen molar-refractivity contribution in [3.8, 4) is 6.07 Å². The first kappa shape index (κ1) is 15.8. The number of nitrogens with zero attached hydrogens (tertiary/aromatic N) is 2. The molecule has 3 heteroatoms. The molecule has 0 atom stereocenters. The molecule has 1 rings (SSSR count). The van der Waals surface area contributed by atoms with Gasteiger partial charge in [0.25, 0.3) is 0 Å². The smallest absolute Gasteiger partial charge is 0.0683 e. The fourth-order valence-corrected chi connectivity index (χ4v) is 1.93. The Morgan fingerprint density at radius 2 is 1.95 bits per heavy atom. The van der Waals surface area contributed by atoms with Crippen molar-refractivity contribution in [1.29, 1.82) is 5.26 Å². The van der Waals surface area contributed by atoms with E-state index in [-0.39, 0.29) is 11.0 Å². The molecular weight excluding hydrogens is 234 g/mol. The largest absolute Gasteiger partial charge is 0.350 e. The maximum Gasteiger partial charge on any atom is 0.0683 e. The first-order valence-electron chi connectivity index (χ1n) is 7.04. The second kappa shape index (κ2) is 6.25. The lowest BCUT2D eigenvalue weighted by Gasteiger charge is -2.21. The summed E-state index contributed by atoms with van der Waals surface area (Å²) in [6.45, 7) is 12.4. The van der Waals surface area contributed by atoms with Crippen LogP contribution in [0.2, 0.25) is 0 Å². The summed E-state index contributed by atoms with van der Waals surface area (Å²) in [6.07, 6.45) is 4.10. The molecule has 0 bridgehead atoms. The lowest BCUT2D eigenvalue weighted by Crippen LogP contribution is -2.35. The van der Waals surface area contributed by atoms with Crippen LogP contribution in [0.4, 0.5) is 0 Å². The van der Waals surface area contributed by atoms with Gasteiger partial charge in [0.2, 0.25) is 0 Å². The molecule has 1 N–H and O–H groups in total. The fraction of sp³-hybridized carbons (Fsp3) is 0.688. The van der Waals surface area contributed by atoms with Crippen LogP contribution in [0, 0.1) is 16.7 Å². The Morgan fingerprint density at radius 1 is 1.26 bits per heavy atom. The number of rotatable bonds is 6. The van der Waals surface area contributed by atoms with E-state index in [1.165, 1.54) is 5.69 Å². The first-order valence-corrected chi connectivity index (χ1v) is 7.04. The second-order valence-electron chi connectivity index (χ2n) is 6.90. The molecule has 1 aromatic rings. The molecule has 0 saturated carbocycles. The minimum Gasteiger partial charge on any atom is -0.350 e. The maximum absolute atomic E-state index is 9.01. The van der Waals surface area contributed by atoms with Gasteiger partial charge in [-0.3, -0.25) is 0 Å². The minimum absolute atomic E-state index is 0.137. The molecular formula is C16H27N3. The van der Waals surface area contributed by atoms with Gasteiger partial charge in [-0.2, -0.15) is 5.26 Å². The molecule has 0 fully saturated rings. The van der Waals surface area contributed by atoms with Crippen molar-refractivity contribution >= 4 is 0 Å². The summed E-state index contributed by atoms with van der Waals surface area (Å²) in [7, 11) is 0. The highest BCUT2D eigenvalue weighted by molar-refractivity contribution is 5.07. The monoisotopic (exact) mass is 261 g/mol. The van der Waals surface area contributed by atoms with Gasteiger partial charge in [0.05, 0.1) is 11.5 Å². The predicted molar refractivity (Wildman–Crippen MR) is 79.7 cm³/mol. The number of hydrogen-bond donors (Lipinski definition) is 1. The highest BCUT2D eigenvalue weighted by Crippen LogP contribution is 2.21. The van der Waals surface area contributed by atoms with Crippen molar-refractivity contribution in [2.75, 3.05) is 0 Å². The topological polar surface area (TPSA) is 40.8 Å². The highest BCUT2D eigenvalue weighted by atomic mass is 15.0. The number of aromatic nitrogens is 1. The van der Waals surface area contributed by atoms with E-state index in [1.807, 2.05) is 13.8 Å². The van der Waals surface area contributed by atoms with Crippen LogP contribution in [-0.4, -0.2) is 10.1 Å². The molecule has 3 nitrogen and oxygen atoms in total. The van der Waals surface area contributed by atoms with Crippen molar-refractivity contribution in [1.82, 2.24) is 9.88 Å². The Labute approximate surface area is 117 Å². The SMILES string of the molecule is CC(C)(C#N)CCCn1cccc1CNC(C)(C)C. The molecule has 0 aromatic carbocycles. The highest BCUT2D eigenvalue weighted by Gasteiger charge is 2.16. The van der Waals surface area contributed by atoms with E-state index in [9.17, 15) is 0 Å². The van der Waals surface area contributed by atoms with E-state index in [0.29, 0.717) is 0 Å². The zero-order valence-electron chi connectivity index (χ0n) is 13.0. The summed E-state index contributed by atoms with van der Waals surface area (Å²) in [5.74, 6) is 0. The Kier molecular flexibility index (Phi) is 5.20. The number of nitriles is 1. The maximum atomic E-state index is 9.01. The van der Waals surface area contributed by atoms with Gasteiger partial charge in [-0.05, 0) is 59.6 Å². The van der Waals surface area contributed by atoms with Gasteiger partial charge in [0, 0.05) is 30.5 Å². The minimum atomic E-state index is -0.211. The van der Waals surface area contributed by atoms with Gasteiger partial charge in [-0.15, -0.1) is 0 Å². The van der Waals surface area contributed by atoms with Gasteiger partial charge >= 0.3 is 0 Å². The molecule has 0 radical (unpaired) electrons.